The average Bonchev–Trinajstić information content (AvgIpc) is 2.39. The molecule has 2 amide bonds. The Morgan fingerprint density at radius 2 is 1.75 bits per heavy atom. The van der Waals surface area contributed by atoms with Crippen molar-refractivity contribution >= 4 is 29.1 Å². The van der Waals surface area contributed by atoms with E-state index < -0.39 is 17.6 Å². The van der Waals surface area contributed by atoms with Crippen molar-refractivity contribution in [1.29, 1.82) is 0 Å². The van der Waals surface area contributed by atoms with Gasteiger partial charge in [-0.05, 0) is 42.5 Å². The molecule has 102 valence electrons. The smallest absolute Gasteiger partial charge is 0.255 e. The van der Waals surface area contributed by atoms with Crippen molar-refractivity contribution in [3.63, 3.8) is 0 Å². The van der Waals surface area contributed by atoms with Gasteiger partial charge in [0.05, 0.1) is 10.6 Å². The first kappa shape index (κ1) is 14.0. The highest BCUT2D eigenvalue weighted by molar-refractivity contribution is 6.34. The molecular weight excluding hydrogens is 283 g/mol. The van der Waals surface area contributed by atoms with Crippen molar-refractivity contribution in [1.82, 2.24) is 0 Å². The second-order valence-electron chi connectivity index (χ2n) is 4.02. The average molecular weight is 293 g/mol. The van der Waals surface area contributed by atoms with E-state index in [1.165, 1.54) is 42.5 Å². The van der Waals surface area contributed by atoms with Crippen LogP contribution in [0.1, 0.15) is 20.7 Å². The molecule has 0 aliphatic rings. The molecule has 2 rings (SSSR count). The topological polar surface area (TPSA) is 72.2 Å². The molecule has 2 aromatic carbocycles. The fourth-order valence-electron chi connectivity index (χ4n) is 1.60. The third-order valence-electron chi connectivity index (χ3n) is 2.60. The minimum Gasteiger partial charge on any atom is -0.366 e. The van der Waals surface area contributed by atoms with E-state index in [-0.39, 0.29) is 10.6 Å². The van der Waals surface area contributed by atoms with Crippen LogP contribution in [0.4, 0.5) is 10.1 Å². The number of hydrogen-bond acceptors (Lipinski definition) is 2. The zero-order chi connectivity index (χ0) is 14.7. The number of rotatable bonds is 3. The molecule has 0 spiro atoms. The molecule has 0 radical (unpaired) electrons. The zero-order valence-corrected chi connectivity index (χ0v) is 10.9. The number of benzene rings is 2. The van der Waals surface area contributed by atoms with Gasteiger partial charge in [-0.25, -0.2) is 4.39 Å². The summed E-state index contributed by atoms with van der Waals surface area (Å²) in [6.45, 7) is 0. The minimum absolute atomic E-state index is 0.148. The van der Waals surface area contributed by atoms with E-state index in [2.05, 4.69) is 5.32 Å². The summed E-state index contributed by atoms with van der Waals surface area (Å²) in [4.78, 5) is 22.9. The van der Waals surface area contributed by atoms with Crippen molar-refractivity contribution in [2.75, 3.05) is 5.32 Å². The van der Waals surface area contributed by atoms with Gasteiger partial charge in [-0.2, -0.15) is 0 Å². The van der Waals surface area contributed by atoms with Gasteiger partial charge in [0, 0.05) is 11.3 Å². The van der Waals surface area contributed by atoms with Gasteiger partial charge < -0.3 is 11.1 Å². The first-order valence-electron chi connectivity index (χ1n) is 5.63. The number of carbonyl (C=O) groups is 2. The maximum Gasteiger partial charge on any atom is 0.255 e. The molecule has 20 heavy (non-hydrogen) atoms. The van der Waals surface area contributed by atoms with Gasteiger partial charge in [-0.3, -0.25) is 9.59 Å². The fraction of sp³-hybridized carbons (Fsp3) is 0. The Morgan fingerprint density at radius 1 is 1.10 bits per heavy atom. The molecule has 0 aliphatic heterocycles. The number of amides is 2. The summed E-state index contributed by atoms with van der Waals surface area (Å²) in [5, 5.41) is 2.73. The van der Waals surface area contributed by atoms with Gasteiger partial charge in [0.1, 0.15) is 5.82 Å². The number of halogens is 2. The second kappa shape index (κ2) is 5.71. The summed E-state index contributed by atoms with van der Waals surface area (Å²) in [6.07, 6.45) is 0. The quantitative estimate of drug-likeness (QED) is 0.913. The first-order chi connectivity index (χ1) is 9.47. The van der Waals surface area contributed by atoms with Crippen LogP contribution in [0.15, 0.2) is 42.5 Å². The lowest BCUT2D eigenvalue weighted by atomic mass is 10.1. The maximum atomic E-state index is 12.8. The van der Waals surface area contributed by atoms with Crippen LogP contribution >= 0.6 is 11.6 Å². The number of carbonyl (C=O) groups excluding carboxylic acids is 2. The van der Waals surface area contributed by atoms with Crippen molar-refractivity contribution in [2.24, 2.45) is 5.73 Å². The number of primary amides is 1. The number of anilines is 1. The summed E-state index contributed by atoms with van der Waals surface area (Å²) in [5.41, 5.74) is 6.02. The van der Waals surface area contributed by atoms with Crippen LogP contribution in [0, 0.1) is 5.82 Å². The van der Waals surface area contributed by atoms with E-state index in [1.54, 1.807) is 0 Å². The van der Waals surface area contributed by atoms with Gasteiger partial charge in [0.2, 0.25) is 5.91 Å². The zero-order valence-electron chi connectivity index (χ0n) is 10.2. The number of nitrogens with one attached hydrogen (secondary N) is 1. The van der Waals surface area contributed by atoms with Gasteiger partial charge in [0.25, 0.3) is 5.91 Å². The highest BCUT2D eigenvalue weighted by atomic mass is 35.5. The van der Waals surface area contributed by atoms with E-state index in [9.17, 15) is 14.0 Å². The summed E-state index contributed by atoms with van der Waals surface area (Å²) >= 11 is 5.87. The second-order valence-corrected chi connectivity index (χ2v) is 4.43. The van der Waals surface area contributed by atoms with Crippen LogP contribution in [0.5, 0.6) is 0 Å². The Balaban J connectivity index is 2.18. The molecule has 0 atom stereocenters. The van der Waals surface area contributed by atoms with Crippen molar-refractivity contribution in [2.45, 2.75) is 0 Å². The lowest BCUT2D eigenvalue weighted by Crippen LogP contribution is -2.14. The van der Waals surface area contributed by atoms with E-state index in [4.69, 9.17) is 17.3 Å². The Morgan fingerprint density at radius 3 is 2.30 bits per heavy atom. The Hall–Kier alpha value is -2.40. The van der Waals surface area contributed by atoms with Gasteiger partial charge in [0.15, 0.2) is 0 Å². The van der Waals surface area contributed by atoms with E-state index in [1.807, 2.05) is 0 Å². The molecule has 3 N–H and O–H groups in total. The van der Waals surface area contributed by atoms with Crippen LogP contribution < -0.4 is 11.1 Å². The predicted octanol–water partition coefficient (Wildman–Crippen LogP) is 2.83. The minimum atomic E-state index is -0.647. The van der Waals surface area contributed by atoms with E-state index in [0.29, 0.717) is 11.3 Å². The fourth-order valence-corrected chi connectivity index (χ4v) is 1.87. The summed E-state index contributed by atoms with van der Waals surface area (Å²) in [6, 6.07) is 9.46. The summed E-state index contributed by atoms with van der Waals surface area (Å²) < 4.78 is 12.8. The van der Waals surface area contributed by atoms with Crippen molar-refractivity contribution in [3.8, 4) is 0 Å². The van der Waals surface area contributed by atoms with Crippen LogP contribution in [-0.4, -0.2) is 11.8 Å². The van der Waals surface area contributed by atoms with Crippen molar-refractivity contribution in [3.05, 3.63) is 64.4 Å². The molecule has 0 saturated heterocycles. The van der Waals surface area contributed by atoms with Gasteiger partial charge in [-0.15, -0.1) is 0 Å². The molecule has 0 unspecified atom stereocenters. The molecule has 0 aromatic heterocycles. The Kier molecular flexibility index (Phi) is 4.00. The molecular formula is C14H10ClFN2O2. The lowest BCUT2D eigenvalue weighted by molar-refractivity contribution is 0.0998. The van der Waals surface area contributed by atoms with E-state index >= 15 is 0 Å². The van der Waals surface area contributed by atoms with Crippen LogP contribution in [-0.2, 0) is 0 Å². The molecule has 2 aromatic rings. The molecule has 0 bridgehead atoms. The van der Waals surface area contributed by atoms with Crippen LogP contribution in [0.2, 0.25) is 5.02 Å². The highest BCUT2D eigenvalue weighted by Crippen LogP contribution is 2.21. The lowest BCUT2D eigenvalue weighted by Gasteiger charge is -2.07. The van der Waals surface area contributed by atoms with Crippen molar-refractivity contribution < 1.29 is 14.0 Å². The molecule has 0 aliphatic carbocycles. The SMILES string of the molecule is NC(=O)c1ccc(NC(=O)c2ccc(F)cc2)cc1Cl. The summed E-state index contributed by atoms with van der Waals surface area (Å²) in [5.74, 6) is -1.48. The maximum absolute atomic E-state index is 12.8. The van der Waals surface area contributed by atoms with E-state index in [0.717, 1.165) is 0 Å². The monoisotopic (exact) mass is 292 g/mol. The Bertz CT molecular complexity index is 671. The molecule has 0 heterocycles. The molecule has 4 nitrogen and oxygen atoms in total. The molecule has 0 fully saturated rings. The largest absolute Gasteiger partial charge is 0.366 e. The predicted molar refractivity (Wildman–Crippen MR) is 74.3 cm³/mol. The molecule has 0 saturated carbocycles. The highest BCUT2D eigenvalue weighted by Gasteiger charge is 2.10. The molecule has 6 heteroatoms. The number of nitrogens with two attached hydrogens (primary N) is 1. The number of hydrogen-bond donors (Lipinski definition) is 2. The normalized spacial score (nSPS) is 10.1. The summed E-state index contributed by atoms with van der Waals surface area (Å²) in [7, 11) is 0. The standard InChI is InChI=1S/C14H10ClFN2O2/c15-12-7-10(5-6-11(12)13(17)19)18-14(20)8-1-3-9(16)4-2-8/h1-7H,(H2,17,19)(H,18,20). The Labute approximate surface area is 119 Å². The van der Waals surface area contributed by atoms with Crippen LogP contribution in [0.3, 0.4) is 0 Å². The third-order valence-corrected chi connectivity index (χ3v) is 2.91. The van der Waals surface area contributed by atoms with Gasteiger partial charge in [-0.1, -0.05) is 11.6 Å². The van der Waals surface area contributed by atoms with Crippen LogP contribution in [0.25, 0.3) is 0 Å². The first-order valence-corrected chi connectivity index (χ1v) is 6.01. The third kappa shape index (κ3) is 3.13. The van der Waals surface area contributed by atoms with Gasteiger partial charge >= 0.3 is 0 Å².